The van der Waals surface area contributed by atoms with Gasteiger partial charge in [-0.25, -0.2) is 0 Å². The largest absolute Gasteiger partial charge is 0.418 e. The summed E-state index contributed by atoms with van der Waals surface area (Å²) < 4.78 is 39.0. The highest BCUT2D eigenvalue weighted by Gasteiger charge is 2.33. The van der Waals surface area contributed by atoms with Gasteiger partial charge in [-0.2, -0.15) is 13.2 Å². The Labute approximate surface area is 126 Å². The molecule has 0 saturated heterocycles. The number of hydrogen-bond donors (Lipinski definition) is 1. The molecular formula is C18H14F3N. The Bertz CT molecular complexity index is 788. The van der Waals surface area contributed by atoms with Crippen LogP contribution in [-0.4, -0.2) is 0 Å². The van der Waals surface area contributed by atoms with Gasteiger partial charge in [0.2, 0.25) is 0 Å². The SMILES string of the molecule is FC(F)(F)c1ccccc1NCc1cccc2ccccc12. The van der Waals surface area contributed by atoms with E-state index in [0.29, 0.717) is 6.54 Å². The molecule has 0 spiro atoms. The highest BCUT2D eigenvalue weighted by Crippen LogP contribution is 2.34. The minimum absolute atomic E-state index is 0.0999. The van der Waals surface area contributed by atoms with Gasteiger partial charge in [-0.05, 0) is 28.5 Å². The molecule has 0 aromatic heterocycles. The zero-order valence-electron chi connectivity index (χ0n) is 11.7. The molecule has 0 aliphatic heterocycles. The fourth-order valence-electron chi connectivity index (χ4n) is 2.52. The molecule has 0 bridgehead atoms. The fraction of sp³-hybridized carbons (Fsp3) is 0.111. The molecule has 0 heterocycles. The summed E-state index contributed by atoms with van der Waals surface area (Å²) in [5.41, 5.74) is 0.424. The van der Waals surface area contributed by atoms with Gasteiger partial charge in [0, 0.05) is 12.2 Å². The van der Waals surface area contributed by atoms with Crippen molar-refractivity contribution in [2.45, 2.75) is 12.7 Å². The Morgan fingerprint density at radius 3 is 2.27 bits per heavy atom. The summed E-state index contributed by atoms with van der Waals surface area (Å²) in [5.74, 6) is 0. The standard InChI is InChI=1S/C18H14F3N/c19-18(20,21)16-10-3-4-11-17(16)22-12-14-8-5-7-13-6-1-2-9-15(13)14/h1-11,22H,12H2. The topological polar surface area (TPSA) is 12.0 Å². The van der Waals surface area contributed by atoms with Crippen molar-refractivity contribution in [1.82, 2.24) is 0 Å². The number of nitrogens with one attached hydrogen (secondary N) is 1. The molecule has 1 N–H and O–H groups in total. The highest BCUT2D eigenvalue weighted by molar-refractivity contribution is 5.85. The van der Waals surface area contributed by atoms with E-state index in [2.05, 4.69) is 5.32 Å². The van der Waals surface area contributed by atoms with Crippen molar-refractivity contribution >= 4 is 16.5 Å². The molecule has 1 nitrogen and oxygen atoms in total. The van der Waals surface area contributed by atoms with Crippen molar-refractivity contribution in [1.29, 1.82) is 0 Å². The molecule has 3 aromatic rings. The average molecular weight is 301 g/mol. The highest BCUT2D eigenvalue weighted by atomic mass is 19.4. The maximum Gasteiger partial charge on any atom is 0.418 e. The first-order valence-electron chi connectivity index (χ1n) is 6.92. The first-order valence-corrected chi connectivity index (χ1v) is 6.92. The van der Waals surface area contributed by atoms with E-state index >= 15 is 0 Å². The maximum absolute atomic E-state index is 13.0. The Hall–Kier alpha value is -2.49. The second-order valence-electron chi connectivity index (χ2n) is 5.04. The van der Waals surface area contributed by atoms with Gasteiger partial charge in [0.15, 0.2) is 0 Å². The van der Waals surface area contributed by atoms with Gasteiger partial charge in [-0.15, -0.1) is 0 Å². The summed E-state index contributed by atoms with van der Waals surface area (Å²) in [6, 6.07) is 19.2. The number of alkyl halides is 3. The smallest absolute Gasteiger partial charge is 0.380 e. The van der Waals surface area contributed by atoms with Crippen molar-refractivity contribution in [2.75, 3.05) is 5.32 Å². The number of benzene rings is 3. The summed E-state index contributed by atoms with van der Waals surface area (Å²) >= 11 is 0. The molecule has 0 radical (unpaired) electrons. The van der Waals surface area contributed by atoms with Crippen LogP contribution in [0.15, 0.2) is 66.7 Å². The third-order valence-electron chi connectivity index (χ3n) is 3.58. The van der Waals surface area contributed by atoms with Crippen LogP contribution >= 0.6 is 0 Å². The molecule has 0 fully saturated rings. The molecule has 4 heteroatoms. The van der Waals surface area contributed by atoms with E-state index in [-0.39, 0.29) is 5.69 Å². The van der Waals surface area contributed by atoms with Crippen LogP contribution in [0.5, 0.6) is 0 Å². The molecule has 112 valence electrons. The number of hydrogen-bond acceptors (Lipinski definition) is 1. The van der Waals surface area contributed by atoms with Crippen molar-refractivity contribution in [3.05, 3.63) is 77.9 Å². The third kappa shape index (κ3) is 2.91. The van der Waals surface area contributed by atoms with Gasteiger partial charge in [0.25, 0.3) is 0 Å². The lowest BCUT2D eigenvalue weighted by atomic mass is 10.0. The molecular weight excluding hydrogens is 287 g/mol. The van der Waals surface area contributed by atoms with Crippen LogP contribution in [0.1, 0.15) is 11.1 Å². The van der Waals surface area contributed by atoms with E-state index < -0.39 is 11.7 Å². The summed E-state index contributed by atoms with van der Waals surface area (Å²) in [6.45, 7) is 0.342. The Balaban J connectivity index is 1.89. The normalized spacial score (nSPS) is 11.6. The van der Waals surface area contributed by atoms with E-state index in [9.17, 15) is 13.2 Å². The lowest BCUT2D eigenvalue weighted by molar-refractivity contribution is -0.136. The molecule has 0 aliphatic rings. The van der Waals surface area contributed by atoms with E-state index in [1.54, 1.807) is 6.07 Å². The number of fused-ring (bicyclic) bond motifs is 1. The van der Waals surface area contributed by atoms with Gasteiger partial charge in [0.05, 0.1) is 5.56 Å². The van der Waals surface area contributed by atoms with Crippen molar-refractivity contribution in [2.24, 2.45) is 0 Å². The van der Waals surface area contributed by atoms with Gasteiger partial charge >= 0.3 is 6.18 Å². The molecule has 0 saturated carbocycles. The van der Waals surface area contributed by atoms with Gasteiger partial charge in [-0.1, -0.05) is 54.6 Å². The van der Waals surface area contributed by atoms with Crippen LogP contribution in [0, 0.1) is 0 Å². The maximum atomic E-state index is 13.0. The molecule has 3 rings (SSSR count). The minimum Gasteiger partial charge on any atom is -0.380 e. The zero-order valence-corrected chi connectivity index (χ0v) is 11.7. The van der Waals surface area contributed by atoms with Gasteiger partial charge in [0.1, 0.15) is 0 Å². The van der Waals surface area contributed by atoms with Crippen molar-refractivity contribution < 1.29 is 13.2 Å². The Morgan fingerprint density at radius 2 is 1.45 bits per heavy atom. The van der Waals surface area contributed by atoms with Crippen LogP contribution < -0.4 is 5.32 Å². The predicted molar refractivity (Wildman–Crippen MR) is 82.7 cm³/mol. The summed E-state index contributed by atoms with van der Waals surface area (Å²) in [6.07, 6.45) is -4.36. The van der Waals surface area contributed by atoms with Crippen molar-refractivity contribution in [3.8, 4) is 0 Å². The third-order valence-corrected chi connectivity index (χ3v) is 3.58. The van der Waals surface area contributed by atoms with Crippen LogP contribution in [-0.2, 0) is 12.7 Å². The number of halogens is 3. The predicted octanol–water partition coefficient (Wildman–Crippen LogP) is 5.47. The first-order chi connectivity index (χ1) is 10.6. The fourth-order valence-corrected chi connectivity index (χ4v) is 2.52. The second kappa shape index (κ2) is 5.72. The summed E-state index contributed by atoms with van der Waals surface area (Å²) in [7, 11) is 0. The summed E-state index contributed by atoms with van der Waals surface area (Å²) in [5, 5.41) is 5.03. The van der Waals surface area contributed by atoms with Gasteiger partial charge < -0.3 is 5.32 Å². The van der Waals surface area contributed by atoms with Gasteiger partial charge in [-0.3, -0.25) is 0 Å². The van der Waals surface area contributed by atoms with Crippen LogP contribution in [0.2, 0.25) is 0 Å². The lowest BCUT2D eigenvalue weighted by Gasteiger charge is -2.15. The number of para-hydroxylation sites is 1. The number of anilines is 1. The number of rotatable bonds is 3. The molecule has 3 aromatic carbocycles. The Morgan fingerprint density at radius 1 is 0.773 bits per heavy atom. The second-order valence-corrected chi connectivity index (χ2v) is 5.04. The van der Waals surface area contributed by atoms with E-state index in [0.717, 1.165) is 22.4 Å². The zero-order chi connectivity index (χ0) is 15.6. The lowest BCUT2D eigenvalue weighted by Crippen LogP contribution is -2.10. The molecule has 22 heavy (non-hydrogen) atoms. The van der Waals surface area contributed by atoms with E-state index in [1.165, 1.54) is 12.1 Å². The van der Waals surface area contributed by atoms with E-state index in [4.69, 9.17) is 0 Å². The van der Waals surface area contributed by atoms with Crippen LogP contribution in [0.4, 0.5) is 18.9 Å². The first kappa shape index (κ1) is 14.4. The quantitative estimate of drug-likeness (QED) is 0.676. The van der Waals surface area contributed by atoms with Crippen LogP contribution in [0.25, 0.3) is 10.8 Å². The molecule has 0 aliphatic carbocycles. The monoisotopic (exact) mass is 301 g/mol. The molecule has 0 unspecified atom stereocenters. The average Bonchev–Trinajstić information content (AvgIpc) is 2.52. The molecule has 0 amide bonds. The Kier molecular flexibility index (Phi) is 3.75. The summed E-state index contributed by atoms with van der Waals surface area (Å²) in [4.78, 5) is 0. The molecule has 0 atom stereocenters. The van der Waals surface area contributed by atoms with Crippen molar-refractivity contribution in [3.63, 3.8) is 0 Å². The minimum atomic E-state index is -4.36. The van der Waals surface area contributed by atoms with E-state index in [1.807, 2.05) is 42.5 Å². The van der Waals surface area contributed by atoms with Crippen LogP contribution in [0.3, 0.4) is 0 Å².